The fourth-order valence-electron chi connectivity index (χ4n) is 1.70. The number of nitrogens with two attached hydrogens (primary N) is 1. The molecule has 0 aliphatic heterocycles. The first-order chi connectivity index (χ1) is 8.09. The van der Waals surface area contributed by atoms with Crippen molar-refractivity contribution in [2.45, 2.75) is 47.0 Å². The molecule has 0 fully saturated rings. The molecule has 0 amide bonds. The Morgan fingerprint density at radius 3 is 2.53 bits per heavy atom. The maximum Gasteiger partial charge on any atom is 0.00836 e. The second-order valence-corrected chi connectivity index (χ2v) is 4.37. The number of hydrogen-bond donors (Lipinski definition) is 1. The van der Waals surface area contributed by atoms with Crippen LogP contribution in [0.5, 0.6) is 0 Å². The van der Waals surface area contributed by atoms with E-state index in [4.69, 9.17) is 5.73 Å². The summed E-state index contributed by atoms with van der Waals surface area (Å²) in [6.07, 6.45) is 11.7. The summed E-state index contributed by atoms with van der Waals surface area (Å²) >= 11 is 0. The van der Waals surface area contributed by atoms with Gasteiger partial charge in [0.15, 0.2) is 0 Å². The molecule has 2 N–H and O–H groups in total. The Labute approximate surface area is 107 Å². The molecular weight excluding hydrogens is 206 g/mol. The summed E-state index contributed by atoms with van der Waals surface area (Å²) in [5.41, 5.74) is 9.36. The van der Waals surface area contributed by atoms with Crippen molar-refractivity contribution in [3.05, 3.63) is 47.7 Å². The Hall–Kier alpha value is -1.24. The van der Waals surface area contributed by atoms with E-state index in [2.05, 4.69) is 31.7 Å². The van der Waals surface area contributed by atoms with Gasteiger partial charge in [-0.1, -0.05) is 56.7 Å². The fourth-order valence-corrected chi connectivity index (χ4v) is 1.70. The maximum atomic E-state index is 5.73. The molecule has 1 rings (SSSR count). The molecule has 0 heterocycles. The van der Waals surface area contributed by atoms with Gasteiger partial charge in [-0.2, -0.15) is 0 Å². The highest BCUT2D eigenvalue weighted by Crippen LogP contribution is 2.24. The third kappa shape index (κ3) is 6.83. The van der Waals surface area contributed by atoms with E-state index >= 15 is 0 Å². The van der Waals surface area contributed by atoms with Gasteiger partial charge in [-0.3, -0.25) is 0 Å². The van der Waals surface area contributed by atoms with Crippen LogP contribution in [0.3, 0.4) is 0 Å². The summed E-state index contributed by atoms with van der Waals surface area (Å²) in [7, 11) is 0. The van der Waals surface area contributed by atoms with E-state index in [-0.39, 0.29) is 0 Å². The van der Waals surface area contributed by atoms with Crippen LogP contribution in [0.4, 0.5) is 0 Å². The molecule has 0 saturated carbocycles. The third-order valence-corrected chi connectivity index (χ3v) is 2.74. The summed E-state index contributed by atoms with van der Waals surface area (Å²) in [5, 5.41) is 0. The molecule has 1 nitrogen and oxygen atoms in total. The van der Waals surface area contributed by atoms with Gasteiger partial charge in [-0.25, -0.2) is 0 Å². The van der Waals surface area contributed by atoms with Crippen molar-refractivity contribution in [2.24, 2.45) is 11.7 Å². The van der Waals surface area contributed by atoms with E-state index in [0.29, 0.717) is 5.92 Å². The first-order valence-electron chi connectivity index (χ1n) is 6.56. The van der Waals surface area contributed by atoms with E-state index < -0.39 is 0 Å². The topological polar surface area (TPSA) is 26.0 Å². The molecule has 0 spiro atoms. The first-order valence-corrected chi connectivity index (χ1v) is 6.56. The Bertz CT molecular complexity index is 318. The fraction of sp³-hybridized carbons (Fsp3) is 0.500. The minimum atomic E-state index is 0.616. The molecule has 0 aromatic carbocycles. The van der Waals surface area contributed by atoms with Gasteiger partial charge in [0.25, 0.3) is 0 Å². The van der Waals surface area contributed by atoms with Crippen molar-refractivity contribution in [1.29, 1.82) is 0 Å². The van der Waals surface area contributed by atoms with Crippen LogP contribution in [-0.4, -0.2) is 0 Å². The largest absolute Gasteiger partial charge is 0.402 e. The molecule has 96 valence electrons. The van der Waals surface area contributed by atoms with Gasteiger partial charge in [0, 0.05) is 5.70 Å². The lowest BCUT2D eigenvalue weighted by atomic mass is 9.90. The lowest BCUT2D eigenvalue weighted by Crippen LogP contribution is -2.06. The second kappa shape index (κ2) is 8.86. The van der Waals surface area contributed by atoms with Crippen LogP contribution in [0.25, 0.3) is 0 Å². The van der Waals surface area contributed by atoms with Gasteiger partial charge in [-0.05, 0) is 38.2 Å². The Kier molecular flexibility index (Phi) is 8.21. The van der Waals surface area contributed by atoms with Crippen molar-refractivity contribution in [3.63, 3.8) is 0 Å². The molecule has 0 radical (unpaired) electrons. The van der Waals surface area contributed by atoms with Gasteiger partial charge in [0.2, 0.25) is 0 Å². The van der Waals surface area contributed by atoms with E-state index in [1.807, 2.05) is 26.8 Å². The van der Waals surface area contributed by atoms with Crippen LogP contribution in [0.2, 0.25) is 0 Å². The van der Waals surface area contributed by atoms with E-state index in [1.54, 1.807) is 0 Å². The van der Waals surface area contributed by atoms with Gasteiger partial charge < -0.3 is 5.73 Å². The van der Waals surface area contributed by atoms with Crippen LogP contribution >= 0.6 is 0 Å². The summed E-state index contributed by atoms with van der Waals surface area (Å²) in [6.45, 7) is 12.1. The van der Waals surface area contributed by atoms with Gasteiger partial charge in [-0.15, -0.1) is 0 Å². The zero-order chi connectivity index (χ0) is 13.3. The zero-order valence-corrected chi connectivity index (χ0v) is 11.8. The minimum absolute atomic E-state index is 0.616. The smallest absolute Gasteiger partial charge is 0.00836 e. The molecule has 0 bridgehead atoms. The number of hydrogen-bond acceptors (Lipinski definition) is 1. The van der Waals surface area contributed by atoms with E-state index in [0.717, 1.165) is 30.5 Å². The number of rotatable bonds is 4. The summed E-state index contributed by atoms with van der Waals surface area (Å²) < 4.78 is 0. The van der Waals surface area contributed by atoms with Crippen molar-refractivity contribution >= 4 is 0 Å². The molecule has 0 saturated heterocycles. The number of allylic oxidation sites excluding steroid dienone is 7. The highest BCUT2D eigenvalue weighted by atomic mass is 14.6. The monoisotopic (exact) mass is 233 g/mol. The SMILES string of the molecule is C=C(C)/C=C\CC(C)C1=CC=C(N)CC1.CC. The van der Waals surface area contributed by atoms with Crippen LogP contribution in [0.15, 0.2) is 47.7 Å². The van der Waals surface area contributed by atoms with Crippen molar-refractivity contribution in [2.75, 3.05) is 0 Å². The summed E-state index contributed by atoms with van der Waals surface area (Å²) in [5.74, 6) is 0.616. The molecule has 1 unspecified atom stereocenters. The zero-order valence-electron chi connectivity index (χ0n) is 11.8. The molecule has 1 atom stereocenters. The molecule has 1 aliphatic rings. The van der Waals surface area contributed by atoms with Crippen LogP contribution < -0.4 is 5.73 Å². The van der Waals surface area contributed by atoms with Gasteiger partial charge >= 0.3 is 0 Å². The quantitative estimate of drug-likeness (QED) is 0.698. The average molecular weight is 233 g/mol. The molecular formula is C16H27N. The van der Waals surface area contributed by atoms with Crippen molar-refractivity contribution in [1.82, 2.24) is 0 Å². The predicted octanol–water partition coefficient (Wildman–Crippen LogP) is 4.73. The summed E-state index contributed by atoms with van der Waals surface area (Å²) in [4.78, 5) is 0. The normalized spacial score (nSPS) is 16.7. The van der Waals surface area contributed by atoms with E-state index in [9.17, 15) is 0 Å². The molecule has 17 heavy (non-hydrogen) atoms. The Balaban J connectivity index is 0.00000121. The lowest BCUT2D eigenvalue weighted by Gasteiger charge is -2.17. The van der Waals surface area contributed by atoms with Gasteiger partial charge in [0.05, 0.1) is 0 Å². The third-order valence-electron chi connectivity index (χ3n) is 2.74. The maximum absolute atomic E-state index is 5.73. The van der Waals surface area contributed by atoms with E-state index in [1.165, 1.54) is 5.57 Å². The van der Waals surface area contributed by atoms with Crippen LogP contribution in [0.1, 0.15) is 47.0 Å². The average Bonchev–Trinajstić information content (AvgIpc) is 2.32. The predicted molar refractivity (Wildman–Crippen MR) is 78.7 cm³/mol. The Morgan fingerprint density at radius 1 is 1.41 bits per heavy atom. The molecule has 0 aromatic heterocycles. The van der Waals surface area contributed by atoms with Crippen LogP contribution in [-0.2, 0) is 0 Å². The first kappa shape index (κ1) is 15.8. The molecule has 1 aliphatic carbocycles. The highest BCUT2D eigenvalue weighted by Gasteiger charge is 2.09. The summed E-state index contributed by atoms with van der Waals surface area (Å²) in [6, 6.07) is 0. The molecule has 1 heteroatoms. The minimum Gasteiger partial charge on any atom is -0.402 e. The standard InChI is InChI=1S/C14H21N.C2H6/c1-11(2)5-4-6-12(3)13-7-9-14(15)10-8-13;1-2/h4-5,7,9,12H,1,6,8,10,15H2,2-3H3;1-2H3/b5-4-;. The van der Waals surface area contributed by atoms with Crippen LogP contribution in [0, 0.1) is 5.92 Å². The van der Waals surface area contributed by atoms with Crippen molar-refractivity contribution < 1.29 is 0 Å². The lowest BCUT2D eigenvalue weighted by molar-refractivity contribution is 0.646. The van der Waals surface area contributed by atoms with Crippen molar-refractivity contribution in [3.8, 4) is 0 Å². The second-order valence-electron chi connectivity index (χ2n) is 4.37. The Morgan fingerprint density at radius 2 is 2.06 bits per heavy atom. The molecule has 0 aromatic rings. The van der Waals surface area contributed by atoms with Gasteiger partial charge in [0.1, 0.15) is 0 Å². The highest BCUT2D eigenvalue weighted by molar-refractivity contribution is 5.24.